The van der Waals surface area contributed by atoms with Crippen molar-refractivity contribution in [1.82, 2.24) is 9.29 Å². The highest BCUT2D eigenvalue weighted by molar-refractivity contribution is 7.96. The number of aromatic hydroxyl groups is 1. The molecular weight excluding hydrogens is 416 g/mol. The molecule has 0 radical (unpaired) electrons. The van der Waals surface area contributed by atoms with Crippen LogP contribution in [0.5, 0.6) is 11.6 Å². The van der Waals surface area contributed by atoms with E-state index >= 15 is 0 Å². The van der Waals surface area contributed by atoms with Crippen LogP contribution in [0.4, 0.5) is 0 Å². The molecule has 160 valence electrons. The van der Waals surface area contributed by atoms with Crippen LogP contribution in [0.1, 0.15) is 48.1 Å². The molecule has 0 saturated heterocycles. The van der Waals surface area contributed by atoms with Crippen LogP contribution in [0.25, 0.3) is 0 Å². The summed E-state index contributed by atoms with van der Waals surface area (Å²) in [6.45, 7) is 4.10. The first-order valence-electron chi connectivity index (χ1n) is 10.5. The first-order chi connectivity index (χ1) is 14.6. The molecule has 0 saturated carbocycles. The maximum atomic E-state index is 11.6. The van der Waals surface area contributed by atoms with Gasteiger partial charge in [-0.1, -0.05) is 60.6 Å². The monoisotopic (exact) mass is 444 g/mol. The topological polar surface area (TPSA) is 65.6 Å². The molecule has 4 rings (SSSR count). The average molecular weight is 445 g/mol. The molecule has 2 atom stereocenters. The van der Waals surface area contributed by atoms with Gasteiger partial charge in [0, 0.05) is 31.2 Å². The van der Waals surface area contributed by atoms with Crippen molar-refractivity contribution >= 4 is 23.3 Å². The lowest BCUT2D eigenvalue weighted by molar-refractivity contribution is 0.177. The fraction of sp³-hybridized carbons (Fsp3) is 0.435. The van der Waals surface area contributed by atoms with Gasteiger partial charge in [0.05, 0.1) is 4.88 Å². The summed E-state index contributed by atoms with van der Waals surface area (Å²) in [5.74, 6) is 2.05. The zero-order valence-corrected chi connectivity index (χ0v) is 18.8. The van der Waals surface area contributed by atoms with Gasteiger partial charge in [-0.15, -0.1) is 0 Å². The Balaban J connectivity index is 1.50. The number of nitrogens with one attached hydrogen (secondary N) is 1. The van der Waals surface area contributed by atoms with Gasteiger partial charge in [-0.05, 0) is 42.5 Å². The quantitative estimate of drug-likeness (QED) is 0.646. The van der Waals surface area contributed by atoms with E-state index in [1.165, 1.54) is 11.1 Å². The summed E-state index contributed by atoms with van der Waals surface area (Å²) in [7, 11) is 0. The lowest BCUT2D eigenvalue weighted by atomic mass is 10.00. The molecule has 2 unspecified atom stereocenters. The van der Waals surface area contributed by atoms with Crippen LogP contribution in [-0.4, -0.2) is 39.3 Å². The van der Waals surface area contributed by atoms with Gasteiger partial charge in [-0.3, -0.25) is 9.78 Å². The molecule has 0 spiro atoms. The van der Waals surface area contributed by atoms with Gasteiger partial charge in [-0.25, -0.2) is 4.31 Å². The Kier molecular flexibility index (Phi) is 7.02. The van der Waals surface area contributed by atoms with Crippen LogP contribution < -0.4 is 9.61 Å². The van der Waals surface area contributed by atoms with E-state index in [1.54, 1.807) is 0 Å². The summed E-state index contributed by atoms with van der Waals surface area (Å²) in [4.78, 5) is 14.6. The van der Waals surface area contributed by atoms with Gasteiger partial charge in [0.25, 0.3) is 0 Å². The van der Waals surface area contributed by atoms with Crippen molar-refractivity contribution in [3.8, 4) is 11.6 Å². The summed E-state index contributed by atoms with van der Waals surface area (Å²) in [6.07, 6.45) is 12.5. The number of benzene rings is 1. The highest BCUT2D eigenvalue weighted by Crippen LogP contribution is 2.43. The molecule has 0 amide bonds. The zero-order chi connectivity index (χ0) is 20.9. The van der Waals surface area contributed by atoms with Gasteiger partial charge in [0.15, 0.2) is 0 Å². The molecule has 2 aliphatic rings. The van der Waals surface area contributed by atoms with Crippen molar-refractivity contribution in [1.29, 1.82) is 0 Å². The molecule has 1 aliphatic carbocycles. The number of fused-ring (bicyclic) bond motifs is 1. The van der Waals surface area contributed by atoms with Crippen molar-refractivity contribution in [3.05, 3.63) is 68.2 Å². The van der Waals surface area contributed by atoms with Gasteiger partial charge in [0.2, 0.25) is 5.88 Å². The van der Waals surface area contributed by atoms with Crippen molar-refractivity contribution in [3.63, 3.8) is 0 Å². The molecule has 2 heterocycles. The molecule has 2 N–H and O–H groups in total. The van der Waals surface area contributed by atoms with E-state index in [2.05, 4.69) is 52.6 Å². The third kappa shape index (κ3) is 5.02. The van der Waals surface area contributed by atoms with E-state index in [-0.39, 0.29) is 22.8 Å². The minimum atomic E-state index is -0.204. The molecule has 1 aromatic carbocycles. The average Bonchev–Trinajstić information content (AvgIpc) is 3.29. The highest BCUT2D eigenvalue weighted by Gasteiger charge is 2.29. The lowest BCUT2D eigenvalue weighted by Crippen LogP contribution is -2.32. The van der Waals surface area contributed by atoms with Crippen molar-refractivity contribution in [2.75, 3.05) is 18.8 Å². The maximum Gasteiger partial charge on any atom is 0.307 e. The second-order valence-corrected chi connectivity index (χ2v) is 9.97. The normalized spacial score (nSPS) is 22.2. The summed E-state index contributed by atoms with van der Waals surface area (Å²) in [5.41, 5.74) is 2.43. The summed E-state index contributed by atoms with van der Waals surface area (Å²) in [6, 6.07) is 6.27. The largest absolute Gasteiger partial charge is 0.494 e. The molecule has 0 fully saturated rings. The van der Waals surface area contributed by atoms with Gasteiger partial charge in [-0.2, -0.15) is 0 Å². The van der Waals surface area contributed by atoms with Crippen LogP contribution in [0.3, 0.4) is 0 Å². The molecule has 7 heteroatoms. The predicted molar refractivity (Wildman–Crippen MR) is 125 cm³/mol. The van der Waals surface area contributed by atoms with E-state index in [1.807, 2.05) is 18.0 Å². The molecule has 1 aromatic heterocycles. The number of aryl methyl sites for hydroxylation is 1. The fourth-order valence-corrected chi connectivity index (χ4v) is 5.93. The van der Waals surface area contributed by atoms with Gasteiger partial charge >= 0.3 is 4.87 Å². The minimum absolute atomic E-state index is 0.0130. The number of H-pyrrole nitrogens is 1. The van der Waals surface area contributed by atoms with Crippen LogP contribution >= 0.6 is 23.3 Å². The highest BCUT2D eigenvalue weighted by atomic mass is 32.2. The lowest BCUT2D eigenvalue weighted by Gasteiger charge is -2.26. The Morgan fingerprint density at radius 2 is 2.20 bits per heavy atom. The second-order valence-electron chi connectivity index (χ2n) is 7.61. The standard InChI is InChI=1S/C23H28N2O3S2/c1-2-29-25-13-7-5-3-4-6-8-18(15-25)28-17-10-12-19-16(14-17)9-11-20(19)21-22(26)24-23(27)30-21/h3-6,10,12,14,18,20,26H,2,7-9,11,13,15H2,1H3,(H,24,27). The Labute approximate surface area is 185 Å². The van der Waals surface area contributed by atoms with Gasteiger partial charge in [0.1, 0.15) is 11.9 Å². The number of nitrogens with zero attached hydrogens (tertiary/aromatic N) is 1. The first-order valence-corrected chi connectivity index (χ1v) is 12.3. The fourth-order valence-electron chi connectivity index (χ4n) is 4.18. The Morgan fingerprint density at radius 3 is 3.00 bits per heavy atom. The van der Waals surface area contributed by atoms with Crippen molar-refractivity contribution < 1.29 is 9.84 Å². The van der Waals surface area contributed by atoms with Crippen LogP contribution in [0, 0.1) is 0 Å². The Bertz CT molecular complexity index is 979. The van der Waals surface area contributed by atoms with Crippen molar-refractivity contribution in [2.24, 2.45) is 0 Å². The summed E-state index contributed by atoms with van der Waals surface area (Å²) < 4.78 is 8.84. The van der Waals surface area contributed by atoms with E-state index in [9.17, 15) is 9.90 Å². The molecule has 0 bridgehead atoms. The third-order valence-electron chi connectivity index (χ3n) is 5.51. The molecule has 5 nitrogen and oxygen atoms in total. The first kappa shape index (κ1) is 21.3. The van der Waals surface area contributed by atoms with Crippen LogP contribution in [0.2, 0.25) is 0 Å². The minimum Gasteiger partial charge on any atom is -0.494 e. The van der Waals surface area contributed by atoms with E-state index in [4.69, 9.17) is 4.74 Å². The van der Waals surface area contributed by atoms with E-state index < -0.39 is 0 Å². The third-order valence-corrected chi connectivity index (χ3v) is 7.45. The zero-order valence-electron chi connectivity index (χ0n) is 17.2. The Hall–Kier alpha value is -1.96. The van der Waals surface area contributed by atoms with Crippen LogP contribution in [0.15, 0.2) is 47.3 Å². The van der Waals surface area contributed by atoms with Crippen molar-refractivity contribution in [2.45, 2.75) is 44.6 Å². The maximum absolute atomic E-state index is 11.6. The number of hydrogen-bond acceptors (Lipinski definition) is 6. The van der Waals surface area contributed by atoms with Gasteiger partial charge < -0.3 is 9.84 Å². The number of ether oxygens (including phenoxy) is 1. The Morgan fingerprint density at radius 1 is 1.33 bits per heavy atom. The number of rotatable bonds is 5. The number of aromatic nitrogens is 1. The summed E-state index contributed by atoms with van der Waals surface area (Å²) >= 11 is 2.98. The predicted octanol–water partition coefficient (Wildman–Crippen LogP) is 4.84. The summed E-state index contributed by atoms with van der Waals surface area (Å²) in [5, 5.41) is 10.1. The molecule has 30 heavy (non-hydrogen) atoms. The van der Waals surface area contributed by atoms with E-state index in [0.29, 0.717) is 0 Å². The number of hydrogen-bond donors (Lipinski definition) is 2. The number of allylic oxidation sites excluding steroid dienone is 2. The molecule has 2 aromatic rings. The van der Waals surface area contributed by atoms with E-state index in [0.717, 1.165) is 66.5 Å². The molecular formula is C23H28N2O3S2. The second kappa shape index (κ2) is 9.90. The van der Waals surface area contributed by atoms with Crippen LogP contribution in [-0.2, 0) is 6.42 Å². The number of aromatic amines is 1. The smallest absolute Gasteiger partial charge is 0.307 e. The SMILES string of the molecule is CCSN1CCC=CC=CCC(Oc2ccc3c(c2)CCC3c2sc(=O)[nH]c2O)C1. The number of thiazole rings is 1. The molecule has 1 aliphatic heterocycles.